The summed E-state index contributed by atoms with van der Waals surface area (Å²) >= 11 is 0. The van der Waals surface area contributed by atoms with E-state index in [9.17, 15) is 9.59 Å². The molecular formula is C20H21N3O3. The Balaban J connectivity index is 1.87. The molecule has 2 heterocycles. The molecule has 3 aromatic rings. The second-order valence-electron chi connectivity index (χ2n) is 6.32. The Labute approximate surface area is 151 Å². The first-order chi connectivity index (χ1) is 12.5. The van der Waals surface area contributed by atoms with Gasteiger partial charge in [-0.25, -0.2) is 0 Å². The maximum Gasteiger partial charge on any atom is 0.303 e. The van der Waals surface area contributed by atoms with Crippen LogP contribution in [0.1, 0.15) is 24.0 Å². The third-order valence-corrected chi connectivity index (χ3v) is 4.28. The molecule has 0 amide bonds. The van der Waals surface area contributed by atoms with Gasteiger partial charge in [-0.1, -0.05) is 30.3 Å². The molecule has 2 aromatic heterocycles. The summed E-state index contributed by atoms with van der Waals surface area (Å²) in [7, 11) is 1.71. The summed E-state index contributed by atoms with van der Waals surface area (Å²) in [5.74, 6) is -0.828. The second-order valence-corrected chi connectivity index (χ2v) is 6.32. The molecule has 3 rings (SSSR count). The molecule has 0 saturated carbocycles. The van der Waals surface area contributed by atoms with Crippen LogP contribution in [0.2, 0.25) is 0 Å². The van der Waals surface area contributed by atoms with Crippen LogP contribution < -0.4 is 5.56 Å². The molecule has 26 heavy (non-hydrogen) atoms. The van der Waals surface area contributed by atoms with E-state index in [0.717, 1.165) is 22.3 Å². The highest BCUT2D eigenvalue weighted by Gasteiger charge is 2.11. The van der Waals surface area contributed by atoms with Gasteiger partial charge in [-0.3, -0.25) is 14.3 Å². The van der Waals surface area contributed by atoms with Gasteiger partial charge in [0.15, 0.2) is 0 Å². The van der Waals surface area contributed by atoms with Crippen molar-refractivity contribution in [3.05, 3.63) is 76.5 Å². The molecule has 0 atom stereocenters. The molecule has 0 aliphatic rings. The molecule has 0 radical (unpaired) electrons. The van der Waals surface area contributed by atoms with Crippen molar-refractivity contribution in [1.29, 1.82) is 0 Å². The molecule has 1 N–H and O–H groups in total. The zero-order chi connectivity index (χ0) is 18.5. The predicted molar refractivity (Wildman–Crippen MR) is 99.0 cm³/mol. The van der Waals surface area contributed by atoms with E-state index >= 15 is 0 Å². The van der Waals surface area contributed by atoms with Crippen LogP contribution in [0.4, 0.5) is 0 Å². The van der Waals surface area contributed by atoms with Crippen molar-refractivity contribution >= 4 is 5.97 Å². The molecule has 0 spiro atoms. The van der Waals surface area contributed by atoms with Gasteiger partial charge >= 0.3 is 5.97 Å². The SMILES string of the molecule is Cn1cc(-c2cnn(Cc3ccccc3)c2)c(CCCC(=O)O)cc1=O. The zero-order valence-electron chi connectivity index (χ0n) is 14.6. The number of nitrogens with zero attached hydrogens (tertiary/aromatic N) is 3. The minimum atomic E-state index is -0.828. The lowest BCUT2D eigenvalue weighted by molar-refractivity contribution is -0.137. The van der Waals surface area contributed by atoms with Crippen LogP contribution in [0.15, 0.2) is 59.8 Å². The Morgan fingerprint density at radius 2 is 1.96 bits per heavy atom. The Kier molecular flexibility index (Phi) is 5.31. The molecule has 1 aromatic carbocycles. The van der Waals surface area contributed by atoms with Gasteiger partial charge < -0.3 is 9.67 Å². The maximum absolute atomic E-state index is 12.0. The van der Waals surface area contributed by atoms with Crippen LogP contribution in [0, 0.1) is 0 Å². The summed E-state index contributed by atoms with van der Waals surface area (Å²) in [6.07, 6.45) is 6.65. The number of aliphatic carboxylic acids is 1. The molecule has 0 fully saturated rings. The number of carboxylic acid groups (broad SMARTS) is 1. The average Bonchev–Trinajstić information content (AvgIpc) is 3.06. The second kappa shape index (κ2) is 7.82. The van der Waals surface area contributed by atoms with Gasteiger partial charge in [0, 0.05) is 43.1 Å². The molecule has 0 saturated heterocycles. The Bertz CT molecular complexity index is 958. The zero-order valence-corrected chi connectivity index (χ0v) is 14.6. The summed E-state index contributed by atoms with van der Waals surface area (Å²) in [4.78, 5) is 22.8. The van der Waals surface area contributed by atoms with Crippen LogP contribution in [0.5, 0.6) is 0 Å². The predicted octanol–water partition coefficient (Wildman–Crippen LogP) is 2.70. The Morgan fingerprint density at radius 1 is 1.19 bits per heavy atom. The van der Waals surface area contributed by atoms with Crippen LogP contribution in [-0.4, -0.2) is 25.4 Å². The monoisotopic (exact) mass is 351 g/mol. The van der Waals surface area contributed by atoms with Gasteiger partial charge in [-0.05, 0) is 24.0 Å². The van der Waals surface area contributed by atoms with Gasteiger partial charge in [-0.15, -0.1) is 0 Å². The summed E-state index contributed by atoms with van der Waals surface area (Å²) in [6.45, 7) is 0.668. The number of carbonyl (C=O) groups is 1. The lowest BCUT2D eigenvalue weighted by atomic mass is 10.00. The molecule has 0 aliphatic carbocycles. The van der Waals surface area contributed by atoms with E-state index in [1.54, 1.807) is 25.5 Å². The Morgan fingerprint density at radius 3 is 2.69 bits per heavy atom. The molecule has 0 unspecified atom stereocenters. The third kappa shape index (κ3) is 4.27. The van der Waals surface area contributed by atoms with E-state index in [1.807, 2.05) is 41.2 Å². The quantitative estimate of drug-likeness (QED) is 0.710. The molecule has 0 aliphatic heterocycles. The van der Waals surface area contributed by atoms with Crippen molar-refractivity contribution in [3.63, 3.8) is 0 Å². The number of hydrogen-bond acceptors (Lipinski definition) is 3. The van der Waals surface area contributed by atoms with Crippen LogP contribution in [0.25, 0.3) is 11.1 Å². The normalized spacial score (nSPS) is 10.8. The fourth-order valence-corrected chi connectivity index (χ4v) is 2.93. The van der Waals surface area contributed by atoms with E-state index in [2.05, 4.69) is 5.10 Å². The first-order valence-electron chi connectivity index (χ1n) is 8.51. The number of aryl methyl sites for hydroxylation is 2. The standard InChI is InChI=1S/C20H21N3O3/c1-22-14-18(16(10-19(22)24)8-5-9-20(25)26)17-11-21-23(13-17)12-15-6-3-2-4-7-15/h2-4,6-7,10-11,13-14H,5,8-9,12H2,1H3,(H,25,26). The maximum atomic E-state index is 12.0. The Hall–Kier alpha value is -3.15. The summed E-state index contributed by atoms with van der Waals surface area (Å²) in [6, 6.07) is 11.6. The summed E-state index contributed by atoms with van der Waals surface area (Å²) in [5, 5.41) is 13.3. The number of carboxylic acids is 1. The largest absolute Gasteiger partial charge is 0.481 e. The van der Waals surface area contributed by atoms with E-state index in [1.165, 1.54) is 4.57 Å². The first kappa shape index (κ1) is 17.7. The number of hydrogen-bond donors (Lipinski definition) is 1. The number of aromatic nitrogens is 3. The van der Waals surface area contributed by atoms with E-state index < -0.39 is 5.97 Å². The van der Waals surface area contributed by atoms with E-state index in [-0.39, 0.29) is 12.0 Å². The van der Waals surface area contributed by atoms with Gasteiger partial charge in [0.25, 0.3) is 5.56 Å². The van der Waals surface area contributed by atoms with E-state index in [0.29, 0.717) is 19.4 Å². The topological polar surface area (TPSA) is 77.1 Å². The van der Waals surface area contributed by atoms with Crippen molar-refractivity contribution in [3.8, 4) is 11.1 Å². The van der Waals surface area contributed by atoms with Crippen molar-refractivity contribution in [1.82, 2.24) is 14.3 Å². The molecule has 6 nitrogen and oxygen atoms in total. The molecule has 0 bridgehead atoms. The van der Waals surface area contributed by atoms with Gasteiger partial charge in [-0.2, -0.15) is 5.10 Å². The van der Waals surface area contributed by atoms with Crippen LogP contribution >= 0.6 is 0 Å². The third-order valence-electron chi connectivity index (χ3n) is 4.28. The fourth-order valence-electron chi connectivity index (χ4n) is 2.93. The van der Waals surface area contributed by atoms with E-state index in [4.69, 9.17) is 5.11 Å². The van der Waals surface area contributed by atoms with Gasteiger partial charge in [0.2, 0.25) is 0 Å². The van der Waals surface area contributed by atoms with Crippen LogP contribution in [0.3, 0.4) is 0 Å². The highest BCUT2D eigenvalue weighted by Crippen LogP contribution is 2.23. The van der Waals surface area contributed by atoms with Crippen molar-refractivity contribution < 1.29 is 9.90 Å². The van der Waals surface area contributed by atoms with Crippen molar-refractivity contribution in [2.24, 2.45) is 7.05 Å². The number of benzene rings is 1. The molecule has 134 valence electrons. The highest BCUT2D eigenvalue weighted by molar-refractivity contribution is 5.67. The van der Waals surface area contributed by atoms with Crippen molar-refractivity contribution in [2.45, 2.75) is 25.8 Å². The summed E-state index contributed by atoms with van der Waals surface area (Å²) in [5.41, 5.74) is 3.74. The van der Waals surface area contributed by atoms with Gasteiger partial charge in [0.1, 0.15) is 0 Å². The lowest BCUT2D eigenvalue weighted by Crippen LogP contribution is -2.16. The molecular weight excluding hydrogens is 330 g/mol. The smallest absolute Gasteiger partial charge is 0.303 e. The molecule has 6 heteroatoms. The highest BCUT2D eigenvalue weighted by atomic mass is 16.4. The first-order valence-corrected chi connectivity index (χ1v) is 8.51. The van der Waals surface area contributed by atoms with Crippen molar-refractivity contribution in [2.75, 3.05) is 0 Å². The van der Waals surface area contributed by atoms with Crippen LogP contribution in [-0.2, 0) is 24.8 Å². The average molecular weight is 351 g/mol. The number of pyridine rings is 1. The minimum absolute atomic E-state index is 0.0852. The number of rotatable bonds is 7. The lowest BCUT2D eigenvalue weighted by Gasteiger charge is -2.09. The summed E-state index contributed by atoms with van der Waals surface area (Å²) < 4.78 is 3.39. The van der Waals surface area contributed by atoms with Gasteiger partial charge in [0.05, 0.1) is 12.7 Å². The fraction of sp³-hybridized carbons (Fsp3) is 0.250. The minimum Gasteiger partial charge on any atom is -0.481 e.